The number of halogens is 5. The van der Waals surface area contributed by atoms with Gasteiger partial charge in [0.25, 0.3) is 5.91 Å². The zero-order valence-electron chi connectivity index (χ0n) is 20.0. The van der Waals surface area contributed by atoms with E-state index in [0.29, 0.717) is 23.5 Å². The van der Waals surface area contributed by atoms with Gasteiger partial charge in [-0.1, -0.05) is 6.07 Å². The first-order valence-corrected chi connectivity index (χ1v) is 11.0. The van der Waals surface area contributed by atoms with Crippen molar-refractivity contribution in [3.8, 4) is 11.9 Å². The van der Waals surface area contributed by atoms with Crippen LogP contribution >= 0.6 is 0 Å². The van der Waals surface area contributed by atoms with Crippen molar-refractivity contribution in [3.05, 3.63) is 83.1 Å². The highest BCUT2D eigenvalue weighted by atomic mass is 19.4. The van der Waals surface area contributed by atoms with E-state index in [1.54, 1.807) is 13.0 Å². The molecule has 3 aromatic rings. The van der Waals surface area contributed by atoms with Gasteiger partial charge in [-0.3, -0.25) is 9.78 Å². The largest absolute Gasteiger partial charge is 0.461 e. The molecule has 0 aliphatic heterocycles. The summed E-state index contributed by atoms with van der Waals surface area (Å²) < 4.78 is 71.6. The molecular formula is C25H22F5N5O2. The monoisotopic (exact) mass is 519 g/mol. The summed E-state index contributed by atoms with van der Waals surface area (Å²) in [5.74, 6) is -3.70. The van der Waals surface area contributed by atoms with Crippen LogP contribution in [0.1, 0.15) is 49.1 Å². The van der Waals surface area contributed by atoms with Gasteiger partial charge in [-0.2, -0.15) is 18.4 Å². The van der Waals surface area contributed by atoms with Crippen LogP contribution < -0.4 is 10.1 Å². The average molecular weight is 519 g/mol. The summed E-state index contributed by atoms with van der Waals surface area (Å²) in [6, 6.07) is 6.91. The van der Waals surface area contributed by atoms with Gasteiger partial charge in [-0.25, -0.2) is 18.7 Å². The van der Waals surface area contributed by atoms with Crippen LogP contribution in [0, 0.1) is 23.0 Å². The molecule has 0 aliphatic rings. The summed E-state index contributed by atoms with van der Waals surface area (Å²) >= 11 is 0. The maximum atomic E-state index is 13.8. The molecule has 1 N–H and O–H groups in total. The zero-order valence-corrected chi connectivity index (χ0v) is 20.0. The molecule has 2 aromatic heterocycles. The van der Waals surface area contributed by atoms with Gasteiger partial charge in [0.2, 0.25) is 5.88 Å². The number of amides is 1. The van der Waals surface area contributed by atoms with Crippen molar-refractivity contribution in [3.63, 3.8) is 0 Å². The number of carbonyl (C=O) groups excluding carboxylic acids is 1. The van der Waals surface area contributed by atoms with Crippen LogP contribution in [-0.2, 0) is 17.4 Å². The van der Waals surface area contributed by atoms with E-state index < -0.39 is 52.9 Å². The maximum absolute atomic E-state index is 13.8. The maximum Gasteiger partial charge on any atom is 0.433 e. The fourth-order valence-corrected chi connectivity index (χ4v) is 3.56. The molecule has 3 rings (SSSR count). The number of aromatic nitrogens is 3. The molecular weight excluding hydrogens is 497 g/mol. The van der Waals surface area contributed by atoms with E-state index in [9.17, 15) is 32.0 Å². The first kappa shape index (κ1) is 27.4. The van der Waals surface area contributed by atoms with Crippen molar-refractivity contribution in [2.24, 2.45) is 0 Å². The number of hydrogen-bond acceptors (Lipinski definition) is 6. The Bertz CT molecular complexity index is 1320. The summed E-state index contributed by atoms with van der Waals surface area (Å²) in [5, 5.41) is 12.0. The highest BCUT2D eigenvalue weighted by Gasteiger charge is 2.36. The van der Waals surface area contributed by atoms with Gasteiger partial charge in [-0.15, -0.1) is 0 Å². The minimum atomic E-state index is -4.72. The smallest absolute Gasteiger partial charge is 0.433 e. The minimum Gasteiger partial charge on any atom is -0.461 e. The molecule has 12 heteroatoms. The third-order valence-corrected chi connectivity index (χ3v) is 5.56. The van der Waals surface area contributed by atoms with Gasteiger partial charge >= 0.3 is 6.18 Å². The number of nitriles is 1. The van der Waals surface area contributed by atoms with Gasteiger partial charge in [0.1, 0.15) is 12.4 Å². The number of ether oxygens (including phenoxy) is 1. The van der Waals surface area contributed by atoms with Crippen molar-refractivity contribution >= 4 is 5.91 Å². The normalized spacial score (nSPS) is 13.4. The number of pyridine rings is 1. The number of alkyl halides is 3. The predicted octanol–water partition coefficient (Wildman–Crippen LogP) is 4.73. The van der Waals surface area contributed by atoms with E-state index in [2.05, 4.69) is 20.3 Å². The van der Waals surface area contributed by atoms with Crippen molar-refractivity contribution in [1.82, 2.24) is 20.3 Å². The molecule has 1 amide bonds. The van der Waals surface area contributed by atoms with Crippen LogP contribution in [0.2, 0.25) is 0 Å². The molecule has 2 unspecified atom stereocenters. The Labute approximate surface area is 209 Å². The lowest BCUT2D eigenvalue weighted by Gasteiger charge is -2.30. The second-order valence-electron chi connectivity index (χ2n) is 8.79. The van der Waals surface area contributed by atoms with Crippen LogP contribution in [-0.4, -0.2) is 32.5 Å². The quantitative estimate of drug-likeness (QED) is 0.432. The van der Waals surface area contributed by atoms with E-state index in [0.717, 1.165) is 12.1 Å². The molecule has 194 valence electrons. The van der Waals surface area contributed by atoms with Crippen molar-refractivity contribution in [2.45, 2.75) is 50.9 Å². The summed E-state index contributed by atoms with van der Waals surface area (Å²) in [4.78, 5) is 24.0. The summed E-state index contributed by atoms with van der Waals surface area (Å²) in [5.41, 5.74) is -1.62. The fourth-order valence-electron chi connectivity index (χ4n) is 3.56. The second kappa shape index (κ2) is 10.9. The number of hydrogen-bond donors (Lipinski definition) is 1. The predicted molar refractivity (Wildman–Crippen MR) is 121 cm³/mol. The molecule has 0 radical (unpaired) electrons. The number of nitrogens with one attached hydrogen (secondary N) is 1. The Morgan fingerprint density at radius 3 is 2.49 bits per heavy atom. The molecule has 0 saturated heterocycles. The number of carbonyl (C=O) groups is 1. The Morgan fingerprint density at radius 1 is 1.11 bits per heavy atom. The van der Waals surface area contributed by atoms with Crippen molar-refractivity contribution in [1.29, 1.82) is 5.26 Å². The fraction of sp³-hybridized carbons (Fsp3) is 0.320. The van der Waals surface area contributed by atoms with Gasteiger partial charge in [-0.05, 0) is 56.5 Å². The van der Waals surface area contributed by atoms with Gasteiger partial charge < -0.3 is 10.1 Å². The summed E-state index contributed by atoms with van der Waals surface area (Å²) in [6.07, 6.45) is -1.04. The van der Waals surface area contributed by atoms with E-state index in [1.165, 1.54) is 32.3 Å². The van der Waals surface area contributed by atoms with E-state index >= 15 is 0 Å². The molecule has 0 bridgehead atoms. The zero-order chi connectivity index (χ0) is 27.4. The second-order valence-corrected chi connectivity index (χ2v) is 8.79. The SMILES string of the molecule is CC(NC(=O)C(C)(C)Oc1cc(C(F)(F)F)ncn1)C(Cc1ccc(F)c(F)c1)c1cncc(C#N)c1. The van der Waals surface area contributed by atoms with Crippen LogP contribution in [0.4, 0.5) is 22.0 Å². The summed E-state index contributed by atoms with van der Waals surface area (Å²) in [6.45, 7) is 4.36. The Morgan fingerprint density at radius 2 is 1.84 bits per heavy atom. The van der Waals surface area contributed by atoms with Gasteiger partial charge in [0, 0.05) is 30.4 Å². The Hall–Kier alpha value is -4.14. The first-order valence-electron chi connectivity index (χ1n) is 11.0. The topological polar surface area (TPSA) is 101 Å². The third kappa shape index (κ3) is 6.97. The number of nitrogens with zero attached hydrogens (tertiary/aromatic N) is 4. The number of benzene rings is 1. The van der Waals surface area contributed by atoms with E-state index in [1.807, 2.05) is 6.07 Å². The first-order chi connectivity index (χ1) is 17.3. The highest BCUT2D eigenvalue weighted by molar-refractivity contribution is 5.85. The molecule has 37 heavy (non-hydrogen) atoms. The van der Waals surface area contributed by atoms with E-state index in [-0.39, 0.29) is 12.0 Å². The van der Waals surface area contributed by atoms with E-state index in [4.69, 9.17) is 4.74 Å². The molecule has 2 atom stereocenters. The lowest BCUT2D eigenvalue weighted by Crippen LogP contribution is -2.51. The molecule has 7 nitrogen and oxygen atoms in total. The average Bonchev–Trinajstić information content (AvgIpc) is 2.84. The van der Waals surface area contributed by atoms with Crippen LogP contribution in [0.3, 0.4) is 0 Å². The molecule has 0 aliphatic carbocycles. The summed E-state index contributed by atoms with van der Waals surface area (Å²) in [7, 11) is 0. The van der Waals surface area contributed by atoms with Crippen LogP contribution in [0.5, 0.6) is 5.88 Å². The lowest BCUT2D eigenvalue weighted by atomic mass is 9.86. The van der Waals surface area contributed by atoms with Gasteiger partial charge in [0.15, 0.2) is 22.9 Å². The van der Waals surface area contributed by atoms with Gasteiger partial charge in [0.05, 0.1) is 5.56 Å². The van der Waals surface area contributed by atoms with Crippen molar-refractivity contribution in [2.75, 3.05) is 0 Å². The molecule has 0 fully saturated rings. The number of rotatable bonds is 8. The highest BCUT2D eigenvalue weighted by Crippen LogP contribution is 2.30. The lowest BCUT2D eigenvalue weighted by molar-refractivity contribution is -0.141. The Kier molecular flexibility index (Phi) is 8.06. The molecule has 1 aromatic carbocycles. The van der Waals surface area contributed by atoms with Crippen molar-refractivity contribution < 1.29 is 31.5 Å². The van der Waals surface area contributed by atoms with Crippen LogP contribution in [0.25, 0.3) is 0 Å². The van der Waals surface area contributed by atoms with Crippen LogP contribution in [0.15, 0.2) is 49.1 Å². The molecule has 2 heterocycles. The standard InChI is InChI=1S/C25H22F5N5O2/c1-14(35-23(36)24(2,3)37-22-9-21(25(28,29)30)33-13-34-22)18(17-6-16(10-31)11-32-12-17)7-15-4-5-19(26)20(27)8-15/h4-6,8-9,11-14,18H,7H2,1-3H3,(H,35,36). The third-order valence-electron chi connectivity index (χ3n) is 5.56. The molecule has 0 spiro atoms. The Balaban J connectivity index is 1.84. The molecule has 0 saturated carbocycles. The minimum absolute atomic E-state index is 0.150.